The molecule has 0 unspecified atom stereocenters. The van der Waals surface area contributed by atoms with E-state index < -0.39 is 0 Å². The molecule has 0 amide bonds. The van der Waals surface area contributed by atoms with E-state index in [4.69, 9.17) is 0 Å². The van der Waals surface area contributed by atoms with E-state index in [0.29, 0.717) is 11.8 Å². The van der Waals surface area contributed by atoms with E-state index in [0.717, 1.165) is 25.2 Å². The average molecular weight is 167 g/mol. The number of piperidine rings is 1. The van der Waals surface area contributed by atoms with Gasteiger partial charge in [-0.15, -0.1) is 0 Å². The van der Waals surface area contributed by atoms with E-state index in [1.807, 2.05) is 0 Å². The van der Waals surface area contributed by atoms with Crippen molar-refractivity contribution in [3.63, 3.8) is 0 Å². The van der Waals surface area contributed by atoms with Crippen LogP contribution in [-0.4, -0.2) is 30.3 Å². The van der Waals surface area contributed by atoms with Crippen LogP contribution in [0.25, 0.3) is 0 Å². The first-order valence-electron chi connectivity index (χ1n) is 4.99. The molecular formula is C10H17NO. The van der Waals surface area contributed by atoms with Crippen molar-refractivity contribution in [2.24, 2.45) is 5.92 Å². The lowest BCUT2D eigenvalue weighted by Crippen LogP contribution is -2.46. The van der Waals surface area contributed by atoms with Crippen molar-refractivity contribution >= 4 is 5.78 Å². The molecule has 1 aliphatic heterocycles. The van der Waals surface area contributed by atoms with Crippen molar-refractivity contribution in [3.05, 3.63) is 0 Å². The Morgan fingerprint density at radius 1 is 1.42 bits per heavy atom. The predicted octanol–water partition coefficient (Wildman–Crippen LogP) is 1.45. The summed E-state index contributed by atoms with van der Waals surface area (Å²) >= 11 is 0. The maximum absolute atomic E-state index is 11.2. The molecule has 0 bridgehead atoms. The fourth-order valence-electron chi connectivity index (χ4n) is 2.66. The number of carbonyl (C=O) groups is 1. The van der Waals surface area contributed by atoms with Gasteiger partial charge in [-0.05, 0) is 38.8 Å². The summed E-state index contributed by atoms with van der Waals surface area (Å²) in [5, 5.41) is 0. The molecule has 2 heteroatoms. The highest BCUT2D eigenvalue weighted by Gasteiger charge is 2.34. The maximum Gasteiger partial charge on any atom is 0.134 e. The molecule has 12 heavy (non-hydrogen) atoms. The number of rotatable bonds is 0. The zero-order chi connectivity index (χ0) is 8.55. The third kappa shape index (κ3) is 1.40. The second-order valence-corrected chi connectivity index (χ2v) is 4.23. The highest BCUT2D eigenvalue weighted by Crippen LogP contribution is 2.32. The van der Waals surface area contributed by atoms with Gasteiger partial charge in [-0.1, -0.05) is 0 Å². The summed E-state index contributed by atoms with van der Waals surface area (Å²) in [5.41, 5.74) is 0. The lowest BCUT2D eigenvalue weighted by atomic mass is 9.78. The normalized spacial score (nSPS) is 37.9. The molecule has 2 fully saturated rings. The zero-order valence-corrected chi connectivity index (χ0v) is 7.75. The van der Waals surface area contributed by atoms with Crippen LogP contribution in [0.3, 0.4) is 0 Å². The second kappa shape index (κ2) is 3.17. The molecule has 68 valence electrons. The molecule has 2 nitrogen and oxygen atoms in total. The van der Waals surface area contributed by atoms with E-state index >= 15 is 0 Å². The van der Waals surface area contributed by atoms with Gasteiger partial charge in [0.2, 0.25) is 0 Å². The van der Waals surface area contributed by atoms with Crippen LogP contribution in [0.4, 0.5) is 0 Å². The highest BCUT2D eigenvalue weighted by molar-refractivity contribution is 5.79. The van der Waals surface area contributed by atoms with Gasteiger partial charge in [-0.3, -0.25) is 4.79 Å². The van der Waals surface area contributed by atoms with Crippen molar-refractivity contribution in [3.8, 4) is 0 Å². The maximum atomic E-state index is 11.2. The number of carbonyl (C=O) groups excluding carboxylic acids is 1. The van der Waals surface area contributed by atoms with E-state index in [1.165, 1.54) is 19.4 Å². The van der Waals surface area contributed by atoms with Crippen LogP contribution in [0, 0.1) is 5.92 Å². The average Bonchev–Trinajstić information content (AvgIpc) is 2.07. The molecule has 0 aromatic heterocycles. The van der Waals surface area contributed by atoms with Crippen LogP contribution in [0.15, 0.2) is 0 Å². The summed E-state index contributed by atoms with van der Waals surface area (Å²) in [6.45, 7) is 1.19. The summed E-state index contributed by atoms with van der Waals surface area (Å²) in [4.78, 5) is 13.6. The lowest BCUT2D eigenvalue weighted by Gasteiger charge is -2.41. The Hall–Kier alpha value is -0.370. The Balaban J connectivity index is 2.05. The number of nitrogens with zero attached hydrogens (tertiary/aromatic N) is 1. The van der Waals surface area contributed by atoms with E-state index in [1.54, 1.807) is 0 Å². The SMILES string of the molecule is CN1CCC[C@H]2CCC(=O)C[C@@H]21. The summed E-state index contributed by atoms with van der Waals surface area (Å²) in [6, 6.07) is 0.583. The number of hydrogen-bond donors (Lipinski definition) is 0. The summed E-state index contributed by atoms with van der Waals surface area (Å²) in [6.07, 6.45) is 5.48. The zero-order valence-electron chi connectivity index (χ0n) is 7.75. The van der Waals surface area contributed by atoms with Crippen LogP contribution in [0.5, 0.6) is 0 Å². The van der Waals surface area contributed by atoms with E-state index in [9.17, 15) is 4.79 Å². The first-order chi connectivity index (χ1) is 5.77. The van der Waals surface area contributed by atoms with Crippen molar-refractivity contribution in [2.45, 2.75) is 38.1 Å². The topological polar surface area (TPSA) is 20.3 Å². The Labute approximate surface area is 73.9 Å². The van der Waals surface area contributed by atoms with Gasteiger partial charge in [0.1, 0.15) is 5.78 Å². The van der Waals surface area contributed by atoms with Crippen LogP contribution in [0.2, 0.25) is 0 Å². The summed E-state index contributed by atoms with van der Waals surface area (Å²) in [5.74, 6) is 1.30. The largest absolute Gasteiger partial charge is 0.303 e. The van der Waals surface area contributed by atoms with E-state index in [2.05, 4.69) is 11.9 Å². The number of ketones is 1. The van der Waals surface area contributed by atoms with Gasteiger partial charge < -0.3 is 4.90 Å². The van der Waals surface area contributed by atoms with Gasteiger partial charge in [0.15, 0.2) is 0 Å². The number of hydrogen-bond acceptors (Lipinski definition) is 2. The van der Waals surface area contributed by atoms with Crippen LogP contribution >= 0.6 is 0 Å². The molecule has 1 saturated heterocycles. The molecule has 0 aromatic carbocycles. The van der Waals surface area contributed by atoms with E-state index in [-0.39, 0.29) is 0 Å². The molecular weight excluding hydrogens is 150 g/mol. The molecule has 2 atom stereocenters. The molecule has 1 saturated carbocycles. The lowest BCUT2D eigenvalue weighted by molar-refractivity contribution is -0.123. The smallest absolute Gasteiger partial charge is 0.134 e. The monoisotopic (exact) mass is 167 g/mol. The van der Waals surface area contributed by atoms with Gasteiger partial charge in [-0.25, -0.2) is 0 Å². The Morgan fingerprint density at radius 2 is 2.25 bits per heavy atom. The minimum atomic E-state index is 0.477. The number of fused-ring (bicyclic) bond motifs is 1. The first kappa shape index (κ1) is 8.24. The fraction of sp³-hybridized carbons (Fsp3) is 0.900. The predicted molar refractivity (Wildman–Crippen MR) is 48.0 cm³/mol. The van der Waals surface area contributed by atoms with Crippen LogP contribution in [-0.2, 0) is 4.79 Å². The quantitative estimate of drug-likeness (QED) is 0.544. The molecule has 0 aromatic rings. The molecule has 0 spiro atoms. The molecule has 2 rings (SSSR count). The van der Waals surface area contributed by atoms with Gasteiger partial charge in [0.25, 0.3) is 0 Å². The Bertz CT molecular complexity index is 190. The Morgan fingerprint density at radius 3 is 3.08 bits per heavy atom. The third-order valence-electron chi connectivity index (χ3n) is 3.43. The fourth-order valence-corrected chi connectivity index (χ4v) is 2.66. The second-order valence-electron chi connectivity index (χ2n) is 4.23. The highest BCUT2D eigenvalue weighted by atomic mass is 16.1. The standard InChI is InChI=1S/C10H17NO/c1-11-6-2-3-8-4-5-9(12)7-10(8)11/h8,10H,2-7H2,1H3/t8-,10-/m0/s1. The van der Waals surface area contributed by atoms with Gasteiger partial charge in [-0.2, -0.15) is 0 Å². The molecule has 0 N–H and O–H groups in total. The van der Waals surface area contributed by atoms with Crippen molar-refractivity contribution in [1.29, 1.82) is 0 Å². The van der Waals surface area contributed by atoms with Gasteiger partial charge in [0.05, 0.1) is 0 Å². The minimum Gasteiger partial charge on any atom is -0.303 e. The van der Waals surface area contributed by atoms with Crippen molar-refractivity contribution in [1.82, 2.24) is 4.90 Å². The number of likely N-dealkylation sites (tertiary alicyclic amines) is 1. The molecule has 2 aliphatic rings. The minimum absolute atomic E-state index is 0.477. The molecule has 1 aliphatic carbocycles. The van der Waals surface area contributed by atoms with Crippen molar-refractivity contribution in [2.75, 3.05) is 13.6 Å². The molecule has 1 heterocycles. The Kier molecular flexibility index (Phi) is 2.18. The van der Waals surface area contributed by atoms with Gasteiger partial charge in [0, 0.05) is 18.9 Å². The van der Waals surface area contributed by atoms with Crippen LogP contribution in [0.1, 0.15) is 32.1 Å². The third-order valence-corrected chi connectivity index (χ3v) is 3.43. The first-order valence-corrected chi connectivity index (χ1v) is 4.99. The van der Waals surface area contributed by atoms with Gasteiger partial charge >= 0.3 is 0 Å². The number of Topliss-reactive ketones (excluding diaryl/α,β-unsaturated/α-hetero) is 1. The molecule has 0 radical (unpaired) electrons. The summed E-state index contributed by atoms with van der Waals surface area (Å²) < 4.78 is 0. The summed E-state index contributed by atoms with van der Waals surface area (Å²) in [7, 11) is 2.16. The van der Waals surface area contributed by atoms with Crippen LogP contribution < -0.4 is 0 Å². The van der Waals surface area contributed by atoms with Crippen molar-refractivity contribution < 1.29 is 4.79 Å².